The second-order valence-corrected chi connectivity index (χ2v) is 3.87. The van der Waals surface area contributed by atoms with Crippen LogP contribution in [0.3, 0.4) is 0 Å². The fraction of sp³-hybridized carbons (Fsp3) is 0.400. The topological polar surface area (TPSA) is 18.5 Å². The number of ether oxygens (including phenoxy) is 2. The summed E-state index contributed by atoms with van der Waals surface area (Å²) in [5.41, 5.74) is 1.19. The van der Waals surface area contributed by atoms with Gasteiger partial charge in [0.2, 0.25) is 0 Å². The van der Waals surface area contributed by atoms with Gasteiger partial charge in [-0.1, -0.05) is 6.07 Å². The van der Waals surface area contributed by atoms with Gasteiger partial charge in [0, 0.05) is 16.2 Å². The minimum absolute atomic E-state index is 0.609. The molecule has 3 heteroatoms. The van der Waals surface area contributed by atoms with Gasteiger partial charge in [0.05, 0.1) is 6.61 Å². The molecule has 0 fully saturated rings. The molecule has 0 bridgehead atoms. The molecule has 0 unspecified atom stereocenters. The highest BCUT2D eigenvalue weighted by molar-refractivity contribution is 14.1. The Balaban J connectivity index is 2.61. The van der Waals surface area contributed by atoms with Crippen molar-refractivity contribution in [3.63, 3.8) is 0 Å². The van der Waals surface area contributed by atoms with E-state index in [1.54, 1.807) is 7.11 Å². The van der Waals surface area contributed by atoms with Crippen molar-refractivity contribution in [3.8, 4) is 5.75 Å². The van der Waals surface area contributed by atoms with E-state index in [1.807, 2.05) is 12.1 Å². The van der Waals surface area contributed by atoms with Crippen LogP contribution in [0.2, 0.25) is 0 Å². The first-order valence-corrected chi connectivity index (χ1v) is 5.20. The van der Waals surface area contributed by atoms with Crippen LogP contribution in [-0.2, 0) is 4.74 Å². The molecule has 0 amide bonds. The van der Waals surface area contributed by atoms with Crippen LogP contribution >= 0.6 is 22.6 Å². The molecule has 0 N–H and O–H groups in total. The molecule has 0 saturated carbocycles. The summed E-state index contributed by atoms with van der Waals surface area (Å²) in [6.07, 6.45) is 0. The zero-order valence-electron chi connectivity index (χ0n) is 7.84. The third kappa shape index (κ3) is 3.15. The lowest BCUT2D eigenvalue weighted by molar-refractivity contribution is 0.146. The fourth-order valence-corrected chi connectivity index (χ4v) is 1.45. The Labute approximate surface area is 92.4 Å². The number of halogens is 1. The Kier molecular flexibility index (Phi) is 4.52. The third-order valence-corrected chi connectivity index (χ3v) is 2.93. The number of hydrogen-bond donors (Lipinski definition) is 0. The highest BCUT2D eigenvalue weighted by Crippen LogP contribution is 2.22. The summed E-state index contributed by atoms with van der Waals surface area (Å²) in [7, 11) is 1.67. The van der Waals surface area contributed by atoms with Crippen molar-refractivity contribution < 1.29 is 9.47 Å². The molecule has 1 rings (SSSR count). The summed E-state index contributed by atoms with van der Waals surface area (Å²) >= 11 is 2.30. The fourth-order valence-electron chi connectivity index (χ4n) is 0.979. The molecule has 0 heterocycles. The van der Waals surface area contributed by atoms with E-state index in [1.165, 1.54) is 9.13 Å². The van der Waals surface area contributed by atoms with Gasteiger partial charge in [0.1, 0.15) is 12.4 Å². The van der Waals surface area contributed by atoms with Crippen LogP contribution in [0.5, 0.6) is 5.75 Å². The zero-order valence-corrected chi connectivity index (χ0v) is 10.00. The van der Waals surface area contributed by atoms with Gasteiger partial charge >= 0.3 is 0 Å². The first-order chi connectivity index (χ1) is 6.25. The van der Waals surface area contributed by atoms with Gasteiger partial charge in [0.15, 0.2) is 0 Å². The maximum absolute atomic E-state index is 5.53. The van der Waals surface area contributed by atoms with Crippen molar-refractivity contribution in [2.45, 2.75) is 6.92 Å². The Bertz CT molecular complexity index is 274. The number of rotatable bonds is 4. The zero-order chi connectivity index (χ0) is 9.68. The Hall–Kier alpha value is -0.290. The van der Waals surface area contributed by atoms with Crippen molar-refractivity contribution in [1.82, 2.24) is 0 Å². The lowest BCUT2D eigenvalue weighted by Gasteiger charge is -2.09. The summed E-state index contributed by atoms with van der Waals surface area (Å²) in [4.78, 5) is 0. The first-order valence-electron chi connectivity index (χ1n) is 4.12. The van der Waals surface area contributed by atoms with Gasteiger partial charge in [-0.25, -0.2) is 0 Å². The molecule has 0 atom stereocenters. The quantitative estimate of drug-likeness (QED) is 0.627. The number of benzene rings is 1. The molecular weight excluding hydrogens is 279 g/mol. The van der Waals surface area contributed by atoms with Crippen molar-refractivity contribution >= 4 is 22.6 Å². The van der Waals surface area contributed by atoms with Gasteiger partial charge in [-0.2, -0.15) is 0 Å². The molecule has 0 aromatic heterocycles. The standard InChI is InChI=1S/C10H13IO2/c1-8-9(11)4-3-5-10(8)13-7-6-12-2/h3-5H,6-7H2,1-2H3. The molecule has 0 spiro atoms. The molecule has 13 heavy (non-hydrogen) atoms. The Morgan fingerprint density at radius 1 is 1.31 bits per heavy atom. The largest absolute Gasteiger partial charge is 0.491 e. The summed E-state index contributed by atoms with van der Waals surface area (Å²) in [6.45, 7) is 3.30. The van der Waals surface area contributed by atoms with E-state index in [-0.39, 0.29) is 0 Å². The van der Waals surface area contributed by atoms with Gasteiger partial charge in [0.25, 0.3) is 0 Å². The Morgan fingerprint density at radius 2 is 2.08 bits per heavy atom. The molecule has 1 aromatic rings. The van der Waals surface area contributed by atoms with Crippen molar-refractivity contribution in [2.75, 3.05) is 20.3 Å². The second-order valence-electron chi connectivity index (χ2n) is 2.70. The number of methoxy groups -OCH3 is 1. The van der Waals surface area contributed by atoms with Gasteiger partial charge in [-0.05, 0) is 41.6 Å². The predicted octanol–water partition coefficient (Wildman–Crippen LogP) is 2.62. The lowest BCUT2D eigenvalue weighted by atomic mass is 10.2. The van der Waals surface area contributed by atoms with Crippen LogP contribution in [0.25, 0.3) is 0 Å². The molecule has 0 aliphatic heterocycles. The van der Waals surface area contributed by atoms with Gasteiger partial charge < -0.3 is 9.47 Å². The maximum Gasteiger partial charge on any atom is 0.123 e. The summed E-state index contributed by atoms with van der Waals surface area (Å²) in [5, 5.41) is 0. The van der Waals surface area contributed by atoms with Crippen LogP contribution in [-0.4, -0.2) is 20.3 Å². The molecule has 2 nitrogen and oxygen atoms in total. The van der Waals surface area contributed by atoms with E-state index in [4.69, 9.17) is 9.47 Å². The highest BCUT2D eigenvalue weighted by Gasteiger charge is 2.01. The average molecular weight is 292 g/mol. The van der Waals surface area contributed by atoms with E-state index in [2.05, 4.69) is 35.6 Å². The maximum atomic E-state index is 5.53. The minimum Gasteiger partial charge on any atom is -0.491 e. The third-order valence-electron chi connectivity index (χ3n) is 1.76. The van der Waals surface area contributed by atoms with E-state index in [0.29, 0.717) is 13.2 Å². The van der Waals surface area contributed by atoms with Crippen molar-refractivity contribution in [2.24, 2.45) is 0 Å². The highest BCUT2D eigenvalue weighted by atomic mass is 127. The molecular formula is C10H13IO2. The number of hydrogen-bond acceptors (Lipinski definition) is 2. The second kappa shape index (κ2) is 5.44. The van der Waals surface area contributed by atoms with E-state index >= 15 is 0 Å². The Morgan fingerprint density at radius 3 is 2.77 bits per heavy atom. The molecule has 0 saturated heterocycles. The smallest absolute Gasteiger partial charge is 0.123 e. The first kappa shape index (κ1) is 10.8. The van der Waals surface area contributed by atoms with Crippen molar-refractivity contribution in [3.05, 3.63) is 27.3 Å². The van der Waals surface area contributed by atoms with Crippen LogP contribution in [0, 0.1) is 10.5 Å². The molecule has 72 valence electrons. The van der Waals surface area contributed by atoms with Crippen molar-refractivity contribution in [1.29, 1.82) is 0 Å². The average Bonchev–Trinajstić information content (AvgIpc) is 2.13. The molecule has 0 radical (unpaired) electrons. The normalized spacial score (nSPS) is 10.1. The summed E-state index contributed by atoms with van der Waals surface area (Å²) in [6, 6.07) is 6.04. The predicted molar refractivity (Wildman–Crippen MR) is 61.3 cm³/mol. The molecule has 0 aliphatic carbocycles. The molecule has 1 aromatic carbocycles. The monoisotopic (exact) mass is 292 g/mol. The van der Waals surface area contributed by atoms with Gasteiger partial charge in [-0.15, -0.1) is 0 Å². The summed E-state index contributed by atoms with van der Waals surface area (Å²) in [5.74, 6) is 0.948. The summed E-state index contributed by atoms with van der Waals surface area (Å²) < 4.78 is 11.7. The van der Waals surface area contributed by atoms with Crippen LogP contribution in [0.1, 0.15) is 5.56 Å². The minimum atomic E-state index is 0.609. The molecule has 0 aliphatic rings. The van der Waals surface area contributed by atoms with Crippen LogP contribution in [0.15, 0.2) is 18.2 Å². The SMILES string of the molecule is COCCOc1cccc(I)c1C. The lowest BCUT2D eigenvalue weighted by Crippen LogP contribution is -2.05. The van der Waals surface area contributed by atoms with E-state index in [9.17, 15) is 0 Å². The van der Waals surface area contributed by atoms with Crippen LogP contribution < -0.4 is 4.74 Å². The van der Waals surface area contributed by atoms with Crippen LogP contribution in [0.4, 0.5) is 0 Å². The van der Waals surface area contributed by atoms with E-state index in [0.717, 1.165) is 5.75 Å². The van der Waals surface area contributed by atoms with Gasteiger partial charge in [-0.3, -0.25) is 0 Å². The van der Waals surface area contributed by atoms with E-state index < -0.39 is 0 Å².